The lowest BCUT2D eigenvalue weighted by atomic mass is 10.0. The third-order valence-corrected chi connectivity index (χ3v) is 3.70. The van der Waals surface area contributed by atoms with Crippen molar-refractivity contribution in [2.24, 2.45) is 7.05 Å². The van der Waals surface area contributed by atoms with Gasteiger partial charge >= 0.3 is 0 Å². The topological polar surface area (TPSA) is 47.1 Å². The Hall–Kier alpha value is -1.19. The van der Waals surface area contributed by atoms with E-state index in [2.05, 4.69) is 30.8 Å². The molecule has 1 aliphatic rings. The van der Waals surface area contributed by atoms with Gasteiger partial charge in [-0.3, -0.25) is 4.68 Å². The molecule has 2 rings (SSSR count). The quantitative estimate of drug-likeness (QED) is 0.858. The molecule has 2 N–H and O–H groups in total. The van der Waals surface area contributed by atoms with E-state index in [-0.39, 0.29) is 0 Å². The third-order valence-electron chi connectivity index (χ3n) is 3.70. The molecule has 1 saturated heterocycles. The summed E-state index contributed by atoms with van der Waals surface area (Å²) < 4.78 is 1.95. The van der Waals surface area contributed by atoms with Gasteiger partial charge in [-0.1, -0.05) is 13.8 Å². The zero-order chi connectivity index (χ0) is 12.6. The zero-order valence-corrected chi connectivity index (χ0v) is 11.4. The number of nitrogens with zero attached hydrogens (tertiary/aromatic N) is 3. The Morgan fingerprint density at radius 2 is 2.06 bits per heavy atom. The van der Waals surface area contributed by atoms with Gasteiger partial charge in [-0.15, -0.1) is 0 Å². The highest BCUT2D eigenvalue weighted by atomic mass is 15.4. The van der Waals surface area contributed by atoms with Gasteiger partial charge in [0, 0.05) is 19.6 Å². The van der Waals surface area contributed by atoms with Crippen LogP contribution in [0.3, 0.4) is 0 Å². The van der Waals surface area contributed by atoms with Crippen molar-refractivity contribution in [2.75, 3.05) is 17.2 Å². The summed E-state index contributed by atoms with van der Waals surface area (Å²) in [6.45, 7) is 7.66. The number of hydrogen-bond donors (Lipinski definition) is 1. The van der Waals surface area contributed by atoms with E-state index in [0.29, 0.717) is 12.0 Å². The second-order valence-electron chi connectivity index (χ2n) is 5.44. The number of anilines is 2. The number of aromatic nitrogens is 2. The molecule has 4 heteroatoms. The van der Waals surface area contributed by atoms with Gasteiger partial charge in [0.2, 0.25) is 0 Å². The maximum atomic E-state index is 6.27. The minimum absolute atomic E-state index is 0.384. The first kappa shape index (κ1) is 12.3. The van der Waals surface area contributed by atoms with E-state index in [1.54, 1.807) is 0 Å². The number of hydrogen-bond acceptors (Lipinski definition) is 3. The van der Waals surface area contributed by atoms with Crippen molar-refractivity contribution in [3.05, 3.63) is 5.69 Å². The molecule has 17 heavy (non-hydrogen) atoms. The van der Waals surface area contributed by atoms with Gasteiger partial charge in [0.25, 0.3) is 0 Å². The molecule has 1 aliphatic heterocycles. The molecule has 1 unspecified atom stereocenters. The van der Waals surface area contributed by atoms with E-state index in [4.69, 9.17) is 5.73 Å². The number of rotatable bonds is 2. The highest BCUT2D eigenvalue weighted by molar-refractivity contribution is 5.67. The molecule has 1 fully saturated rings. The van der Waals surface area contributed by atoms with E-state index in [1.807, 2.05) is 11.7 Å². The SMILES string of the molecule is CC(C)c1nn(C)c(N2CCCCC2C)c1N. The van der Waals surface area contributed by atoms with Crippen LogP contribution in [0.4, 0.5) is 11.5 Å². The first-order valence-electron chi connectivity index (χ1n) is 6.61. The molecule has 96 valence electrons. The molecule has 0 radical (unpaired) electrons. The first-order chi connectivity index (χ1) is 8.02. The van der Waals surface area contributed by atoms with Crippen LogP contribution in [-0.4, -0.2) is 22.4 Å². The average Bonchev–Trinajstić information content (AvgIpc) is 2.56. The molecule has 0 bridgehead atoms. The second kappa shape index (κ2) is 4.59. The van der Waals surface area contributed by atoms with Crippen molar-refractivity contribution in [3.63, 3.8) is 0 Å². The zero-order valence-electron chi connectivity index (χ0n) is 11.4. The maximum absolute atomic E-state index is 6.27. The predicted molar refractivity (Wildman–Crippen MR) is 72.4 cm³/mol. The Morgan fingerprint density at radius 1 is 1.35 bits per heavy atom. The highest BCUT2D eigenvalue weighted by Crippen LogP contribution is 2.34. The maximum Gasteiger partial charge on any atom is 0.150 e. The lowest BCUT2D eigenvalue weighted by molar-refractivity contribution is 0.474. The average molecular weight is 236 g/mol. The smallest absolute Gasteiger partial charge is 0.150 e. The van der Waals surface area contributed by atoms with Gasteiger partial charge in [-0.25, -0.2) is 0 Å². The van der Waals surface area contributed by atoms with Gasteiger partial charge in [0.1, 0.15) is 0 Å². The van der Waals surface area contributed by atoms with Crippen molar-refractivity contribution in [1.82, 2.24) is 9.78 Å². The Kier molecular flexibility index (Phi) is 3.31. The van der Waals surface area contributed by atoms with Crippen molar-refractivity contribution in [1.29, 1.82) is 0 Å². The van der Waals surface area contributed by atoms with Crippen LogP contribution in [0.1, 0.15) is 51.6 Å². The van der Waals surface area contributed by atoms with Gasteiger partial charge < -0.3 is 10.6 Å². The van der Waals surface area contributed by atoms with Crippen LogP contribution in [0.25, 0.3) is 0 Å². The van der Waals surface area contributed by atoms with Crippen LogP contribution in [0, 0.1) is 0 Å². The molecule has 1 aromatic heterocycles. The summed E-state index contributed by atoms with van der Waals surface area (Å²) in [4.78, 5) is 2.41. The minimum Gasteiger partial charge on any atom is -0.394 e. The van der Waals surface area contributed by atoms with E-state index in [9.17, 15) is 0 Å². The molecule has 1 aromatic rings. The number of aryl methyl sites for hydroxylation is 1. The van der Waals surface area contributed by atoms with Crippen molar-refractivity contribution in [2.45, 2.75) is 52.0 Å². The minimum atomic E-state index is 0.384. The molecular weight excluding hydrogens is 212 g/mol. The van der Waals surface area contributed by atoms with Crippen LogP contribution in [0.15, 0.2) is 0 Å². The van der Waals surface area contributed by atoms with E-state index in [1.165, 1.54) is 19.3 Å². The van der Waals surface area contributed by atoms with Crippen molar-refractivity contribution < 1.29 is 0 Å². The molecule has 0 amide bonds. The van der Waals surface area contributed by atoms with Crippen LogP contribution in [-0.2, 0) is 7.05 Å². The summed E-state index contributed by atoms with van der Waals surface area (Å²) in [6, 6.07) is 0.571. The van der Waals surface area contributed by atoms with Gasteiger partial charge in [0.05, 0.1) is 11.4 Å². The normalized spacial score (nSPS) is 21.2. The fraction of sp³-hybridized carbons (Fsp3) is 0.769. The van der Waals surface area contributed by atoms with Crippen LogP contribution < -0.4 is 10.6 Å². The molecule has 4 nitrogen and oxygen atoms in total. The van der Waals surface area contributed by atoms with Gasteiger partial charge in [0.15, 0.2) is 5.82 Å². The van der Waals surface area contributed by atoms with Gasteiger partial charge in [-0.05, 0) is 32.1 Å². The summed E-state index contributed by atoms with van der Waals surface area (Å²) in [6.07, 6.45) is 3.83. The highest BCUT2D eigenvalue weighted by Gasteiger charge is 2.26. The summed E-state index contributed by atoms with van der Waals surface area (Å²) >= 11 is 0. The predicted octanol–water partition coefficient (Wildman–Crippen LogP) is 2.50. The van der Waals surface area contributed by atoms with Gasteiger partial charge in [-0.2, -0.15) is 5.10 Å². The lowest BCUT2D eigenvalue weighted by Crippen LogP contribution is -2.39. The Morgan fingerprint density at radius 3 is 2.59 bits per heavy atom. The van der Waals surface area contributed by atoms with E-state index >= 15 is 0 Å². The lowest BCUT2D eigenvalue weighted by Gasteiger charge is -2.35. The summed E-state index contributed by atoms with van der Waals surface area (Å²) in [5, 5.41) is 4.57. The molecule has 0 spiro atoms. The number of piperidine rings is 1. The van der Waals surface area contributed by atoms with E-state index < -0.39 is 0 Å². The van der Waals surface area contributed by atoms with Crippen LogP contribution in [0.5, 0.6) is 0 Å². The third kappa shape index (κ3) is 2.13. The van der Waals surface area contributed by atoms with Crippen LogP contribution in [0.2, 0.25) is 0 Å². The van der Waals surface area contributed by atoms with E-state index in [0.717, 1.165) is 23.7 Å². The molecular formula is C13H24N4. The second-order valence-corrected chi connectivity index (χ2v) is 5.44. The number of nitrogens with two attached hydrogens (primary N) is 1. The van der Waals surface area contributed by atoms with Crippen LogP contribution >= 0.6 is 0 Å². The molecule has 1 atom stereocenters. The molecule has 0 saturated carbocycles. The number of nitrogen functional groups attached to an aromatic ring is 1. The van der Waals surface area contributed by atoms with Crippen molar-refractivity contribution in [3.8, 4) is 0 Å². The standard InChI is InChI=1S/C13H24N4/c1-9(2)12-11(14)13(16(4)15-12)17-8-6-5-7-10(17)3/h9-10H,5-8,14H2,1-4H3. The fourth-order valence-corrected chi connectivity index (χ4v) is 2.73. The first-order valence-corrected chi connectivity index (χ1v) is 6.61. The summed E-state index contributed by atoms with van der Waals surface area (Å²) in [5.74, 6) is 1.50. The fourth-order valence-electron chi connectivity index (χ4n) is 2.73. The molecule has 0 aliphatic carbocycles. The monoisotopic (exact) mass is 236 g/mol. The van der Waals surface area contributed by atoms with Crippen molar-refractivity contribution >= 4 is 11.5 Å². The molecule has 0 aromatic carbocycles. The molecule has 2 heterocycles. The Bertz CT molecular complexity index is 394. The summed E-state index contributed by atoms with van der Waals surface area (Å²) in [7, 11) is 2.00. The summed E-state index contributed by atoms with van der Waals surface area (Å²) in [5.41, 5.74) is 8.17. The Labute approximate surface area is 104 Å². The largest absolute Gasteiger partial charge is 0.394 e. The Balaban J connectivity index is 2.37.